The van der Waals surface area contributed by atoms with E-state index < -0.39 is 4.92 Å². The van der Waals surface area contributed by atoms with Crippen LogP contribution < -0.4 is 0 Å². The molecular weight excluding hydrogens is 238 g/mol. The van der Waals surface area contributed by atoms with Crippen molar-refractivity contribution < 1.29 is 4.92 Å². The zero-order valence-electron chi connectivity index (χ0n) is 9.23. The lowest BCUT2D eigenvalue weighted by Crippen LogP contribution is -1.97. The Balaban J connectivity index is 2.34. The van der Waals surface area contributed by atoms with Gasteiger partial charge in [-0.3, -0.25) is 10.1 Å². The van der Waals surface area contributed by atoms with Crippen LogP contribution in [0.1, 0.15) is 5.56 Å². The highest BCUT2D eigenvalue weighted by Gasteiger charge is 2.21. The minimum Gasteiger partial charge on any atom is -0.258 e. The standard InChI is InChI=1S/C9H7N7O2/c1-5-2-3-6-8(9(5)16(17)18)12-14-15(6)7-4-10-13-11-7/h2-4H,1H3,(H,10,11,13). The molecule has 0 saturated carbocycles. The number of aromatic amines is 1. The van der Waals surface area contributed by atoms with E-state index in [2.05, 4.69) is 25.7 Å². The molecule has 90 valence electrons. The van der Waals surface area contributed by atoms with Gasteiger partial charge in [-0.05, 0) is 13.0 Å². The van der Waals surface area contributed by atoms with Crippen molar-refractivity contribution >= 4 is 16.7 Å². The van der Waals surface area contributed by atoms with Crippen molar-refractivity contribution in [3.8, 4) is 5.82 Å². The first-order valence-corrected chi connectivity index (χ1v) is 5.04. The van der Waals surface area contributed by atoms with E-state index in [9.17, 15) is 10.1 Å². The number of nitrogens with zero attached hydrogens (tertiary/aromatic N) is 6. The van der Waals surface area contributed by atoms with E-state index in [1.165, 1.54) is 10.9 Å². The summed E-state index contributed by atoms with van der Waals surface area (Å²) in [6.07, 6.45) is 1.46. The summed E-state index contributed by atoms with van der Waals surface area (Å²) in [5.74, 6) is 0.427. The largest absolute Gasteiger partial charge is 0.301 e. The highest BCUT2D eigenvalue weighted by Crippen LogP contribution is 2.27. The number of fused-ring (bicyclic) bond motifs is 1. The van der Waals surface area contributed by atoms with Gasteiger partial charge in [0.15, 0.2) is 11.3 Å². The predicted octanol–water partition coefficient (Wildman–Crippen LogP) is 0.755. The topological polar surface area (TPSA) is 115 Å². The van der Waals surface area contributed by atoms with Crippen LogP contribution in [0.4, 0.5) is 5.69 Å². The monoisotopic (exact) mass is 245 g/mol. The molecule has 9 nitrogen and oxygen atoms in total. The summed E-state index contributed by atoms with van der Waals surface area (Å²) in [7, 11) is 0. The third-order valence-electron chi connectivity index (χ3n) is 2.60. The van der Waals surface area contributed by atoms with Crippen molar-refractivity contribution in [1.29, 1.82) is 0 Å². The number of H-pyrrole nitrogens is 1. The van der Waals surface area contributed by atoms with Crippen molar-refractivity contribution in [2.75, 3.05) is 0 Å². The van der Waals surface area contributed by atoms with Crippen LogP contribution in [0, 0.1) is 17.0 Å². The van der Waals surface area contributed by atoms with E-state index in [0.29, 0.717) is 16.9 Å². The molecule has 0 amide bonds. The van der Waals surface area contributed by atoms with Crippen LogP contribution in [0.25, 0.3) is 16.9 Å². The molecule has 0 aliphatic heterocycles. The Hall–Kier alpha value is -2.84. The molecule has 18 heavy (non-hydrogen) atoms. The maximum atomic E-state index is 11.0. The minimum atomic E-state index is -0.459. The Bertz CT molecular complexity index is 731. The Morgan fingerprint density at radius 3 is 2.94 bits per heavy atom. The van der Waals surface area contributed by atoms with Gasteiger partial charge in [0.25, 0.3) is 0 Å². The van der Waals surface area contributed by atoms with Gasteiger partial charge >= 0.3 is 5.69 Å². The maximum Gasteiger partial charge on any atom is 0.301 e. The molecule has 3 rings (SSSR count). The Kier molecular flexibility index (Phi) is 2.06. The summed E-state index contributed by atoms with van der Waals surface area (Å²) in [4.78, 5) is 10.6. The zero-order valence-corrected chi connectivity index (χ0v) is 9.23. The molecule has 0 spiro atoms. The lowest BCUT2D eigenvalue weighted by Gasteiger charge is -1.98. The molecule has 3 aromatic rings. The Morgan fingerprint density at radius 2 is 2.28 bits per heavy atom. The molecule has 0 bridgehead atoms. The fraction of sp³-hybridized carbons (Fsp3) is 0.111. The molecule has 0 unspecified atom stereocenters. The van der Waals surface area contributed by atoms with Gasteiger partial charge < -0.3 is 0 Å². The average molecular weight is 245 g/mol. The molecule has 1 N–H and O–H groups in total. The van der Waals surface area contributed by atoms with E-state index in [4.69, 9.17) is 0 Å². The highest BCUT2D eigenvalue weighted by molar-refractivity contribution is 5.86. The van der Waals surface area contributed by atoms with E-state index in [-0.39, 0.29) is 11.2 Å². The summed E-state index contributed by atoms with van der Waals surface area (Å²) in [5, 5.41) is 28.7. The fourth-order valence-corrected chi connectivity index (χ4v) is 1.77. The maximum absolute atomic E-state index is 11.0. The molecule has 2 aromatic heterocycles. The summed E-state index contributed by atoms with van der Waals surface area (Å²) >= 11 is 0. The third-order valence-corrected chi connectivity index (χ3v) is 2.60. The van der Waals surface area contributed by atoms with Gasteiger partial charge in [0.05, 0.1) is 11.1 Å². The van der Waals surface area contributed by atoms with E-state index in [1.807, 2.05) is 0 Å². The van der Waals surface area contributed by atoms with Gasteiger partial charge in [0.1, 0.15) is 5.52 Å². The molecule has 9 heteroatoms. The van der Waals surface area contributed by atoms with Gasteiger partial charge in [0.2, 0.25) is 0 Å². The van der Waals surface area contributed by atoms with Crippen LogP contribution in [-0.2, 0) is 0 Å². The Labute approximate surface area is 99.6 Å². The van der Waals surface area contributed by atoms with Crippen molar-refractivity contribution in [2.24, 2.45) is 0 Å². The van der Waals surface area contributed by atoms with Gasteiger partial charge in [-0.2, -0.15) is 15.0 Å². The van der Waals surface area contributed by atoms with Crippen LogP contribution in [0.2, 0.25) is 0 Å². The lowest BCUT2D eigenvalue weighted by atomic mass is 10.2. The van der Waals surface area contributed by atoms with Gasteiger partial charge in [-0.15, -0.1) is 10.2 Å². The number of benzene rings is 1. The zero-order chi connectivity index (χ0) is 12.7. The second-order valence-electron chi connectivity index (χ2n) is 3.69. The van der Waals surface area contributed by atoms with Gasteiger partial charge in [-0.1, -0.05) is 11.3 Å². The molecule has 0 aliphatic rings. The molecule has 0 radical (unpaired) electrons. The second-order valence-corrected chi connectivity index (χ2v) is 3.69. The number of aromatic nitrogens is 6. The van der Waals surface area contributed by atoms with Crippen LogP contribution in [0.5, 0.6) is 0 Å². The molecule has 0 fully saturated rings. The van der Waals surface area contributed by atoms with Crippen LogP contribution in [0.15, 0.2) is 18.3 Å². The first-order chi connectivity index (χ1) is 8.68. The summed E-state index contributed by atoms with van der Waals surface area (Å²) in [5.41, 5.74) is 1.26. The van der Waals surface area contributed by atoms with Crippen LogP contribution in [-0.4, -0.2) is 35.3 Å². The summed E-state index contributed by atoms with van der Waals surface area (Å²) < 4.78 is 1.39. The quantitative estimate of drug-likeness (QED) is 0.526. The van der Waals surface area contributed by atoms with Crippen LogP contribution in [0.3, 0.4) is 0 Å². The van der Waals surface area contributed by atoms with Crippen molar-refractivity contribution in [2.45, 2.75) is 6.92 Å². The first kappa shape index (κ1) is 10.3. The number of hydrogen-bond acceptors (Lipinski definition) is 6. The minimum absolute atomic E-state index is 0.0396. The molecule has 0 atom stereocenters. The Morgan fingerprint density at radius 1 is 1.44 bits per heavy atom. The van der Waals surface area contributed by atoms with Crippen molar-refractivity contribution in [1.82, 2.24) is 30.4 Å². The predicted molar refractivity (Wildman–Crippen MR) is 60.2 cm³/mol. The lowest BCUT2D eigenvalue weighted by molar-refractivity contribution is -0.383. The van der Waals surface area contributed by atoms with E-state index in [1.54, 1.807) is 19.1 Å². The molecule has 1 aromatic carbocycles. The molecular formula is C9H7N7O2. The smallest absolute Gasteiger partial charge is 0.258 e. The summed E-state index contributed by atoms with van der Waals surface area (Å²) in [6, 6.07) is 3.37. The number of rotatable bonds is 2. The van der Waals surface area contributed by atoms with Gasteiger partial charge in [0, 0.05) is 5.56 Å². The number of aryl methyl sites for hydroxylation is 1. The fourth-order valence-electron chi connectivity index (χ4n) is 1.77. The number of nitrogens with one attached hydrogen (secondary N) is 1. The van der Waals surface area contributed by atoms with Gasteiger partial charge in [-0.25, -0.2) is 0 Å². The number of nitro benzene ring substituents is 1. The normalized spacial score (nSPS) is 10.9. The second kappa shape index (κ2) is 3.58. The molecule has 0 saturated heterocycles. The number of hydrogen-bond donors (Lipinski definition) is 1. The molecule has 2 heterocycles. The molecule has 0 aliphatic carbocycles. The van der Waals surface area contributed by atoms with Crippen molar-refractivity contribution in [3.63, 3.8) is 0 Å². The first-order valence-electron chi connectivity index (χ1n) is 5.04. The average Bonchev–Trinajstić information content (AvgIpc) is 2.95. The van der Waals surface area contributed by atoms with Crippen molar-refractivity contribution in [3.05, 3.63) is 34.0 Å². The number of nitro groups is 1. The highest BCUT2D eigenvalue weighted by atomic mass is 16.6. The van der Waals surface area contributed by atoms with Crippen LogP contribution >= 0.6 is 0 Å². The van der Waals surface area contributed by atoms with E-state index >= 15 is 0 Å². The summed E-state index contributed by atoms with van der Waals surface area (Å²) in [6.45, 7) is 1.66. The van der Waals surface area contributed by atoms with E-state index in [0.717, 1.165) is 0 Å². The third kappa shape index (κ3) is 1.34. The SMILES string of the molecule is Cc1ccc2c(nnn2-c2cn[nH]n2)c1[N+](=O)[O-].